The number of ether oxygens (including phenoxy) is 3. The number of hydrogen-bond donors (Lipinski definition) is 2. The van der Waals surface area contributed by atoms with Gasteiger partial charge in [-0.25, -0.2) is 4.98 Å². The Kier molecular flexibility index (Phi) is 11.4. The molecule has 1 aromatic heterocycles. The number of aliphatic imine (C=N–C) groups is 1. The molecule has 1 fully saturated rings. The van der Waals surface area contributed by atoms with Crippen molar-refractivity contribution in [3.05, 3.63) is 48.2 Å². The summed E-state index contributed by atoms with van der Waals surface area (Å²) in [4.78, 5) is 8.65. The Hall–Kier alpha value is -2.07. The molecule has 31 heavy (non-hydrogen) atoms. The van der Waals surface area contributed by atoms with Gasteiger partial charge in [-0.15, -0.1) is 24.0 Å². The Morgan fingerprint density at radius 1 is 1.13 bits per heavy atom. The van der Waals surface area contributed by atoms with E-state index in [9.17, 15) is 0 Å². The van der Waals surface area contributed by atoms with Crippen molar-refractivity contribution in [3.63, 3.8) is 0 Å². The lowest BCUT2D eigenvalue weighted by Crippen LogP contribution is -2.37. The zero-order chi connectivity index (χ0) is 21.0. The SMILES string of the molecule is CCOc1ccccc1Oc1ccc(CNC(=NC)NCCCOCC2CC2)cn1.I. The Balaban J connectivity index is 0.00000341. The summed E-state index contributed by atoms with van der Waals surface area (Å²) in [7, 11) is 1.77. The summed E-state index contributed by atoms with van der Waals surface area (Å²) in [5.74, 6) is 3.48. The minimum Gasteiger partial charge on any atom is -0.490 e. The Labute approximate surface area is 202 Å². The zero-order valence-electron chi connectivity index (χ0n) is 18.3. The van der Waals surface area contributed by atoms with Crippen LogP contribution in [0.5, 0.6) is 17.4 Å². The average Bonchev–Trinajstić information content (AvgIpc) is 3.60. The lowest BCUT2D eigenvalue weighted by atomic mass is 10.3. The largest absolute Gasteiger partial charge is 0.490 e. The van der Waals surface area contributed by atoms with Crippen molar-refractivity contribution < 1.29 is 14.2 Å². The summed E-state index contributed by atoms with van der Waals surface area (Å²) in [5, 5.41) is 6.60. The average molecular weight is 540 g/mol. The zero-order valence-corrected chi connectivity index (χ0v) is 20.6. The van der Waals surface area contributed by atoms with Gasteiger partial charge in [0.25, 0.3) is 0 Å². The van der Waals surface area contributed by atoms with Crippen molar-refractivity contribution in [1.82, 2.24) is 15.6 Å². The molecule has 0 unspecified atom stereocenters. The van der Waals surface area contributed by atoms with E-state index in [1.165, 1.54) is 12.8 Å². The summed E-state index contributed by atoms with van der Waals surface area (Å²) in [6.07, 6.45) is 5.42. The van der Waals surface area contributed by atoms with Crippen LogP contribution in [0.1, 0.15) is 31.7 Å². The smallest absolute Gasteiger partial charge is 0.219 e. The number of guanidine groups is 1. The van der Waals surface area contributed by atoms with E-state index < -0.39 is 0 Å². The van der Waals surface area contributed by atoms with Crippen molar-refractivity contribution in [3.8, 4) is 17.4 Å². The van der Waals surface area contributed by atoms with Crippen LogP contribution in [0.3, 0.4) is 0 Å². The second-order valence-corrected chi connectivity index (χ2v) is 7.21. The van der Waals surface area contributed by atoms with Gasteiger partial charge in [0, 0.05) is 45.6 Å². The first-order valence-corrected chi connectivity index (χ1v) is 10.7. The first kappa shape index (κ1) is 25.2. The second kappa shape index (κ2) is 14.1. The molecule has 3 rings (SSSR count). The third kappa shape index (κ3) is 9.30. The molecule has 7 nitrogen and oxygen atoms in total. The van der Waals surface area contributed by atoms with Crippen LogP contribution in [0, 0.1) is 5.92 Å². The molecule has 0 radical (unpaired) electrons. The maximum atomic E-state index is 5.86. The van der Waals surface area contributed by atoms with E-state index in [1.807, 2.05) is 43.3 Å². The predicted octanol–water partition coefficient (Wildman–Crippen LogP) is 4.37. The summed E-state index contributed by atoms with van der Waals surface area (Å²) in [5.41, 5.74) is 1.04. The van der Waals surface area contributed by atoms with Gasteiger partial charge in [-0.3, -0.25) is 4.99 Å². The fraction of sp³-hybridized carbons (Fsp3) is 0.478. The summed E-state index contributed by atoms with van der Waals surface area (Å²) in [6, 6.07) is 11.4. The monoisotopic (exact) mass is 540 g/mol. The lowest BCUT2D eigenvalue weighted by molar-refractivity contribution is 0.123. The maximum absolute atomic E-state index is 5.86. The topological polar surface area (TPSA) is 77.0 Å². The quantitative estimate of drug-likeness (QED) is 0.180. The minimum absolute atomic E-state index is 0. The molecule has 170 valence electrons. The van der Waals surface area contributed by atoms with Gasteiger partial charge < -0.3 is 24.8 Å². The molecule has 0 saturated heterocycles. The Morgan fingerprint density at radius 3 is 2.61 bits per heavy atom. The van der Waals surface area contributed by atoms with Gasteiger partial charge in [0.1, 0.15) is 0 Å². The Bertz CT molecular complexity index is 798. The van der Waals surface area contributed by atoms with Crippen LogP contribution in [0.15, 0.2) is 47.6 Å². The number of para-hydroxylation sites is 2. The molecule has 0 amide bonds. The van der Waals surface area contributed by atoms with Gasteiger partial charge in [0.2, 0.25) is 5.88 Å². The highest BCUT2D eigenvalue weighted by atomic mass is 127. The van der Waals surface area contributed by atoms with Gasteiger partial charge in [-0.2, -0.15) is 0 Å². The molecular weight excluding hydrogens is 507 g/mol. The van der Waals surface area contributed by atoms with E-state index in [0.29, 0.717) is 30.5 Å². The minimum atomic E-state index is 0. The maximum Gasteiger partial charge on any atom is 0.219 e. The first-order valence-electron chi connectivity index (χ1n) is 10.7. The fourth-order valence-electron chi connectivity index (χ4n) is 2.82. The predicted molar refractivity (Wildman–Crippen MR) is 134 cm³/mol. The molecule has 1 aliphatic carbocycles. The normalized spacial score (nSPS) is 13.3. The number of halogens is 1. The second-order valence-electron chi connectivity index (χ2n) is 7.21. The fourth-order valence-corrected chi connectivity index (χ4v) is 2.82. The molecule has 8 heteroatoms. The first-order chi connectivity index (χ1) is 14.8. The van der Waals surface area contributed by atoms with E-state index in [4.69, 9.17) is 14.2 Å². The Morgan fingerprint density at radius 2 is 1.94 bits per heavy atom. The molecular formula is C23H33IN4O3. The van der Waals surface area contributed by atoms with E-state index in [2.05, 4.69) is 20.6 Å². The van der Waals surface area contributed by atoms with Crippen molar-refractivity contribution in [2.24, 2.45) is 10.9 Å². The van der Waals surface area contributed by atoms with Crippen molar-refractivity contribution in [2.75, 3.05) is 33.4 Å². The van der Waals surface area contributed by atoms with Gasteiger partial charge in [0.05, 0.1) is 6.61 Å². The molecule has 2 aromatic rings. The van der Waals surface area contributed by atoms with Crippen LogP contribution in [0.25, 0.3) is 0 Å². The molecule has 1 aromatic carbocycles. The number of rotatable bonds is 12. The highest BCUT2D eigenvalue weighted by Crippen LogP contribution is 2.30. The number of nitrogens with one attached hydrogen (secondary N) is 2. The van der Waals surface area contributed by atoms with E-state index >= 15 is 0 Å². The molecule has 2 N–H and O–H groups in total. The van der Waals surface area contributed by atoms with Crippen LogP contribution in [0.4, 0.5) is 0 Å². The number of nitrogens with zero attached hydrogens (tertiary/aromatic N) is 2. The molecule has 0 aliphatic heterocycles. The van der Waals surface area contributed by atoms with Crippen LogP contribution < -0.4 is 20.1 Å². The van der Waals surface area contributed by atoms with Crippen LogP contribution in [0.2, 0.25) is 0 Å². The number of aromatic nitrogens is 1. The summed E-state index contributed by atoms with van der Waals surface area (Å²) >= 11 is 0. The van der Waals surface area contributed by atoms with Crippen LogP contribution in [-0.2, 0) is 11.3 Å². The molecule has 0 bridgehead atoms. The standard InChI is InChI=1S/C23H32N4O3.HI/c1-3-29-20-7-4-5-8-21(20)30-22-12-11-19(15-26-22)16-27-23(24-2)25-13-6-14-28-17-18-9-10-18;/h4-5,7-8,11-12,15,18H,3,6,9-10,13-14,16-17H2,1-2H3,(H2,24,25,27);1H. The number of pyridine rings is 1. The van der Waals surface area contributed by atoms with Crippen molar-refractivity contribution in [1.29, 1.82) is 0 Å². The van der Waals surface area contributed by atoms with E-state index in [-0.39, 0.29) is 24.0 Å². The van der Waals surface area contributed by atoms with Gasteiger partial charge in [-0.05, 0) is 49.8 Å². The van der Waals surface area contributed by atoms with Crippen molar-refractivity contribution in [2.45, 2.75) is 32.7 Å². The van der Waals surface area contributed by atoms with E-state index in [1.54, 1.807) is 13.2 Å². The molecule has 0 atom stereocenters. The lowest BCUT2D eigenvalue weighted by Gasteiger charge is -2.13. The van der Waals surface area contributed by atoms with Crippen LogP contribution in [-0.4, -0.2) is 44.4 Å². The summed E-state index contributed by atoms with van der Waals surface area (Å²) in [6.45, 7) is 5.69. The number of benzene rings is 1. The highest BCUT2D eigenvalue weighted by Gasteiger charge is 2.20. The highest BCUT2D eigenvalue weighted by molar-refractivity contribution is 14.0. The summed E-state index contributed by atoms with van der Waals surface area (Å²) < 4.78 is 17.1. The van der Waals surface area contributed by atoms with Crippen molar-refractivity contribution >= 4 is 29.9 Å². The van der Waals surface area contributed by atoms with Gasteiger partial charge >= 0.3 is 0 Å². The third-order valence-electron chi connectivity index (χ3n) is 4.65. The third-order valence-corrected chi connectivity index (χ3v) is 4.65. The van der Waals surface area contributed by atoms with Gasteiger partial charge in [0.15, 0.2) is 17.5 Å². The molecule has 1 heterocycles. The number of hydrogen-bond acceptors (Lipinski definition) is 5. The van der Waals surface area contributed by atoms with E-state index in [0.717, 1.165) is 43.6 Å². The van der Waals surface area contributed by atoms with Crippen LogP contribution >= 0.6 is 24.0 Å². The van der Waals surface area contributed by atoms with Gasteiger partial charge in [-0.1, -0.05) is 18.2 Å². The molecule has 0 spiro atoms. The molecule has 1 aliphatic rings. The molecule has 1 saturated carbocycles.